The zero-order valence-corrected chi connectivity index (χ0v) is 12.9. The van der Waals surface area contributed by atoms with Crippen molar-refractivity contribution < 1.29 is 14.3 Å². The molecule has 1 N–H and O–H groups in total. The highest BCUT2D eigenvalue weighted by Gasteiger charge is 2.33. The van der Waals surface area contributed by atoms with Gasteiger partial charge in [0.15, 0.2) is 0 Å². The van der Waals surface area contributed by atoms with Gasteiger partial charge in [-0.25, -0.2) is 0 Å². The minimum absolute atomic E-state index is 0.0764. The van der Waals surface area contributed by atoms with Gasteiger partial charge >= 0.3 is 0 Å². The topological polar surface area (TPSA) is 58.6 Å². The quantitative estimate of drug-likeness (QED) is 0.942. The molecule has 0 radical (unpaired) electrons. The van der Waals surface area contributed by atoms with Crippen molar-refractivity contribution in [3.63, 3.8) is 0 Å². The van der Waals surface area contributed by atoms with E-state index in [2.05, 4.69) is 5.32 Å². The number of amides is 2. The summed E-state index contributed by atoms with van der Waals surface area (Å²) in [5, 5.41) is 2.81. The van der Waals surface area contributed by atoms with Gasteiger partial charge in [0.1, 0.15) is 11.8 Å². The summed E-state index contributed by atoms with van der Waals surface area (Å²) < 4.78 is 5.12. The van der Waals surface area contributed by atoms with Crippen LogP contribution in [0.2, 0.25) is 0 Å². The van der Waals surface area contributed by atoms with E-state index < -0.39 is 6.04 Å². The van der Waals surface area contributed by atoms with Crippen molar-refractivity contribution in [2.75, 3.05) is 18.6 Å². The number of nitrogens with one attached hydrogen (secondary N) is 1. The van der Waals surface area contributed by atoms with E-state index in [1.807, 2.05) is 30.3 Å². The summed E-state index contributed by atoms with van der Waals surface area (Å²) in [6, 6.07) is 15.9. The first kappa shape index (κ1) is 15.1. The highest BCUT2D eigenvalue weighted by molar-refractivity contribution is 6.03. The third-order valence-corrected chi connectivity index (χ3v) is 3.91. The fraction of sp³-hybridized carbons (Fsp3) is 0.222. The Bertz CT molecular complexity index is 715. The van der Waals surface area contributed by atoms with Crippen molar-refractivity contribution >= 4 is 17.5 Å². The zero-order chi connectivity index (χ0) is 16.2. The fourth-order valence-corrected chi connectivity index (χ4v) is 2.68. The largest absolute Gasteiger partial charge is 0.497 e. The summed E-state index contributed by atoms with van der Waals surface area (Å²) in [5.74, 6) is 0.269. The monoisotopic (exact) mass is 310 g/mol. The maximum absolute atomic E-state index is 12.5. The number of anilines is 1. The van der Waals surface area contributed by atoms with E-state index in [-0.39, 0.29) is 11.8 Å². The molecule has 1 heterocycles. The number of methoxy groups -OCH3 is 1. The fourth-order valence-electron chi connectivity index (χ4n) is 2.68. The Kier molecular flexibility index (Phi) is 4.28. The number of ether oxygens (including phenoxy) is 1. The van der Waals surface area contributed by atoms with Crippen LogP contribution >= 0.6 is 0 Å². The average Bonchev–Trinajstić information content (AvgIpc) is 2.96. The average molecular weight is 310 g/mol. The summed E-state index contributed by atoms with van der Waals surface area (Å²) in [4.78, 5) is 26.5. The lowest BCUT2D eigenvalue weighted by atomic mass is 10.1. The molecule has 2 aromatic rings. The van der Waals surface area contributed by atoms with Gasteiger partial charge in [-0.05, 0) is 36.8 Å². The molecule has 23 heavy (non-hydrogen) atoms. The molecule has 0 unspecified atom stereocenters. The van der Waals surface area contributed by atoms with E-state index in [4.69, 9.17) is 4.74 Å². The van der Waals surface area contributed by atoms with Gasteiger partial charge in [0.05, 0.1) is 7.11 Å². The Morgan fingerprint density at radius 3 is 2.70 bits per heavy atom. The minimum atomic E-state index is -0.492. The van der Waals surface area contributed by atoms with E-state index in [0.717, 1.165) is 5.69 Å². The molecular weight excluding hydrogens is 292 g/mol. The maximum Gasteiger partial charge on any atom is 0.252 e. The van der Waals surface area contributed by atoms with Gasteiger partial charge in [0.2, 0.25) is 5.91 Å². The number of hydrogen-bond donors (Lipinski definition) is 1. The third kappa shape index (κ3) is 3.18. The van der Waals surface area contributed by atoms with E-state index in [1.165, 1.54) is 0 Å². The van der Waals surface area contributed by atoms with Crippen LogP contribution in [0.25, 0.3) is 0 Å². The Balaban J connectivity index is 1.69. The van der Waals surface area contributed by atoms with Gasteiger partial charge in [-0.1, -0.05) is 24.3 Å². The number of para-hydroxylation sites is 1. The van der Waals surface area contributed by atoms with Crippen LogP contribution in [-0.4, -0.2) is 31.5 Å². The van der Waals surface area contributed by atoms with E-state index >= 15 is 0 Å². The first-order valence-electron chi connectivity index (χ1n) is 7.50. The smallest absolute Gasteiger partial charge is 0.252 e. The number of hydrogen-bond acceptors (Lipinski definition) is 3. The van der Waals surface area contributed by atoms with Gasteiger partial charge in [-0.15, -0.1) is 0 Å². The molecule has 1 aliphatic rings. The second-order valence-electron chi connectivity index (χ2n) is 5.37. The minimum Gasteiger partial charge on any atom is -0.497 e. The lowest BCUT2D eigenvalue weighted by molar-refractivity contribution is -0.118. The van der Waals surface area contributed by atoms with Crippen molar-refractivity contribution in [2.45, 2.75) is 12.5 Å². The van der Waals surface area contributed by atoms with Crippen molar-refractivity contribution in [1.29, 1.82) is 0 Å². The predicted molar refractivity (Wildman–Crippen MR) is 87.7 cm³/mol. The van der Waals surface area contributed by atoms with E-state index in [9.17, 15) is 9.59 Å². The molecule has 2 aromatic carbocycles. The summed E-state index contributed by atoms with van der Waals surface area (Å²) in [5.41, 5.74) is 1.34. The number of rotatable bonds is 4. The highest BCUT2D eigenvalue weighted by Crippen LogP contribution is 2.21. The first-order chi connectivity index (χ1) is 11.2. The summed E-state index contributed by atoms with van der Waals surface area (Å²) >= 11 is 0. The Hall–Kier alpha value is -2.82. The Morgan fingerprint density at radius 2 is 1.96 bits per heavy atom. The molecule has 3 rings (SSSR count). The second-order valence-corrected chi connectivity index (χ2v) is 5.37. The van der Waals surface area contributed by atoms with Crippen LogP contribution in [0.15, 0.2) is 54.6 Å². The first-order valence-corrected chi connectivity index (χ1v) is 7.50. The van der Waals surface area contributed by atoms with Crippen LogP contribution in [0.4, 0.5) is 5.69 Å². The van der Waals surface area contributed by atoms with Gasteiger partial charge in [0.25, 0.3) is 5.91 Å². The molecule has 5 nitrogen and oxygen atoms in total. The van der Waals surface area contributed by atoms with E-state index in [1.54, 1.807) is 36.3 Å². The van der Waals surface area contributed by atoms with Crippen LogP contribution in [0.1, 0.15) is 16.8 Å². The standard InChI is InChI=1S/C18H18N2O3/c1-23-15-9-5-6-13(12-15)17(21)19-16-10-11-20(18(16)22)14-7-3-2-4-8-14/h2-9,12,16H,10-11H2,1H3,(H,19,21)/t16-/m1/s1. The molecule has 0 aliphatic carbocycles. The van der Waals surface area contributed by atoms with Crippen LogP contribution in [0.3, 0.4) is 0 Å². The molecule has 1 saturated heterocycles. The third-order valence-electron chi connectivity index (χ3n) is 3.91. The van der Waals surface area contributed by atoms with Crippen LogP contribution in [-0.2, 0) is 4.79 Å². The van der Waals surface area contributed by atoms with Gasteiger partial charge < -0.3 is 15.0 Å². The van der Waals surface area contributed by atoms with Gasteiger partial charge in [0, 0.05) is 17.8 Å². The van der Waals surface area contributed by atoms with Crippen molar-refractivity contribution in [2.24, 2.45) is 0 Å². The van der Waals surface area contributed by atoms with E-state index in [0.29, 0.717) is 24.3 Å². The van der Waals surface area contributed by atoms with Gasteiger partial charge in [-0.3, -0.25) is 9.59 Å². The summed E-state index contributed by atoms with van der Waals surface area (Å²) in [6.07, 6.45) is 0.601. The molecule has 5 heteroatoms. The number of carbonyl (C=O) groups excluding carboxylic acids is 2. The normalized spacial score (nSPS) is 17.2. The lowest BCUT2D eigenvalue weighted by Crippen LogP contribution is -2.41. The number of carbonyl (C=O) groups is 2. The predicted octanol–water partition coefficient (Wildman–Crippen LogP) is 2.23. The molecule has 0 bridgehead atoms. The van der Waals surface area contributed by atoms with Crippen LogP contribution in [0, 0.1) is 0 Å². The molecule has 118 valence electrons. The summed E-state index contributed by atoms with van der Waals surface area (Å²) in [6.45, 7) is 0.603. The maximum atomic E-state index is 12.5. The van der Waals surface area contributed by atoms with Crippen molar-refractivity contribution in [3.8, 4) is 5.75 Å². The van der Waals surface area contributed by atoms with Crippen LogP contribution < -0.4 is 15.0 Å². The van der Waals surface area contributed by atoms with Crippen LogP contribution in [0.5, 0.6) is 5.75 Å². The molecule has 1 fully saturated rings. The Morgan fingerprint density at radius 1 is 1.17 bits per heavy atom. The molecule has 1 aliphatic heterocycles. The molecule has 0 spiro atoms. The van der Waals surface area contributed by atoms with Crippen molar-refractivity contribution in [1.82, 2.24) is 5.32 Å². The number of benzene rings is 2. The molecular formula is C18H18N2O3. The molecule has 1 atom stereocenters. The van der Waals surface area contributed by atoms with Crippen molar-refractivity contribution in [3.05, 3.63) is 60.2 Å². The number of nitrogens with zero attached hydrogens (tertiary/aromatic N) is 1. The lowest BCUT2D eigenvalue weighted by Gasteiger charge is -2.17. The summed E-state index contributed by atoms with van der Waals surface area (Å²) in [7, 11) is 1.55. The zero-order valence-electron chi connectivity index (χ0n) is 12.9. The molecule has 2 amide bonds. The SMILES string of the molecule is COc1cccc(C(=O)N[C@@H]2CCN(c3ccccc3)C2=O)c1. The Labute approximate surface area is 134 Å². The highest BCUT2D eigenvalue weighted by atomic mass is 16.5. The molecule has 0 aromatic heterocycles. The second kappa shape index (κ2) is 6.52. The molecule has 0 saturated carbocycles. The van der Waals surface area contributed by atoms with Gasteiger partial charge in [-0.2, -0.15) is 0 Å².